The molecule has 19 heavy (non-hydrogen) atoms. The fourth-order valence-electron chi connectivity index (χ4n) is 2.07. The minimum absolute atomic E-state index is 0.0881. The standard InChI is InChI=1S/C16H14Cl2O/c1-10-5-11(2)7-13(6-10)16(19)9-12-3-4-14(17)15(18)8-12/h3-8H,9H2,1-2H3. The van der Waals surface area contributed by atoms with Crippen molar-refractivity contribution in [2.75, 3.05) is 0 Å². The first kappa shape index (κ1) is 14.1. The van der Waals surface area contributed by atoms with Crippen LogP contribution in [0, 0.1) is 13.8 Å². The lowest BCUT2D eigenvalue weighted by Crippen LogP contribution is -2.04. The Labute approximate surface area is 123 Å². The Morgan fingerprint density at radius 1 is 0.947 bits per heavy atom. The van der Waals surface area contributed by atoms with E-state index in [9.17, 15) is 4.79 Å². The summed E-state index contributed by atoms with van der Waals surface area (Å²) in [4.78, 5) is 12.2. The van der Waals surface area contributed by atoms with Crippen LogP contribution in [0.5, 0.6) is 0 Å². The number of carbonyl (C=O) groups excluding carboxylic acids is 1. The molecule has 0 saturated carbocycles. The first-order valence-corrected chi connectivity index (χ1v) is 6.77. The SMILES string of the molecule is Cc1cc(C)cc(C(=O)Cc2ccc(Cl)c(Cl)c2)c1. The topological polar surface area (TPSA) is 17.1 Å². The number of rotatable bonds is 3. The number of ketones is 1. The van der Waals surface area contributed by atoms with Crippen LogP contribution in [0.15, 0.2) is 36.4 Å². The summed E-state index contributed by atoms with van der Waals surface area (Å²) in [5.74, 6) is 0.0881. The third-order valence-electron chi connectivity index (χ3n) is 2.89. The van der Waals surface area contributed by atoms with Gasteiger partial charge in [0.15, 0.2) is 5.78 Å². The van der Waals surface area contributed by atoms with E-state index in [1.165, 1.54) is 0 Å². The average molecular weight is 293 g/mol. The predicted octanol–water partition coefficient (Wildman–Crippen LogP) is 5.04. The summed E-state index contributed by atoms with van der Waals surface area (Å²) in [5.41, 5.74) is 3.80. The fraction of sp³-hybridized carbons (Fsp3) is 0.188. The van der Waals surface area contributed by atoms with Crippen LogP contribution in [0.2, 0.25) is 10.0 Å². The molecule has 0 N–H and O–H groups in total. The van der Waals surface area contributed by atoms with Crippen LogP contribution >= 0.6 is 23.2 Å². The highest BCUT2D eigenvalue weighted by Gasteiger charge is 2.09. The predicted molar refractivity (Wildman–Crippen MR) is 80.4 cm³/mol. The highest BCUT2D eigenvalue weighted by Crippen LogP contribution is 2.23. The lowest BCUT2D eigenvalue weighted by atomic mass is 9.99. The minimum atomic E-state index is 0.0881. The Morgan fingerprint density at radius 2 is 1.58 bits per heavy atom. The summed E-state index contributed by atoms with van der Waals surface area (Å²) in [7, 11) is 0. The molecule has 0 aromatic heterocycles. The smallest absolute Gasteiger partial charge is 0.167 e. The van der Waals surface area contributed by atoms with Crippen molar-refractivity contribution in [1.82, 2.24) is 0 Å². The molecule has 0 unspecified atom stereocenters. The van der Waals surface area contributed by atoms with Crippen LogP contribution < -0.4 is 0 Å². The third-order valence-corrected chi connectivity index (χ3v) is 3.63. The minimum Gasteiger partial charge on any atom is -0.294 e. The molecule has 0 spiro atoms. The van der Waals surface area contributed by atoms with Crippen LogP contribution in [-0.2, 0) is 6.42 Å². The monoisotopic (exact) mass is 292 g/mol. The molecule has 0 heterocycles. The molecular weight excluding hydrogens is 279 g/mol. The summed E-state index contributed by atoms with van der Waals surface area (Å²) in [6, 6.07) is 11.2. The van der Waals surface area contributed by atoms with Crippen molar-refractivity contribution in [1.29, 1.82) is 0 Å². The Kier molecular flexibility index (Phi) is 4.28. The van der Waals surface area contributed by atoms with Gasteiger partial charge in [-0.15, -0.1) is 0 Å². The van der Waals surface area contributed by atoms with Gasteiger partial charge in [0.2, 0.25) is 0 Å². The van der Waals surface area contributed by atoms with Gasteiger partial charge in [-0.2, -0.15) is 0 Å². The van der Waals surface area contributed by atoms with Gasteiger partial charge < -0.3 is 0 Å². The van der Waals surface area contributed by atoms with Gasteiger partial charge in [0.05, 0.1) is 10.0 Å². The van der Waals surface area contributed by atoms with Gasteiger partial charge in [0.25, 0.3) is 0 Å². The molecule has 0 aliphatic rings. The number of benzene rings is 2. The molecule has 0 aliphatic carbocycles. The van der Waals surface area contributed by atoms with Crippen LogP contribution in [0.4, 0.5) is 0 Å². The van der Waals surface area contributed by atoms with Gasteiger partial charge in [0, 0.05) is 12.0 Å². The second-order valence-electron chi connectivity index (χ2n) is 4.72. The zero-order valence-electron chi connectivity index (χ0n) is 10.8. The van der Waals surface area contributed by atoms with Crippen molar-refractivity contribution in [3.8, 4) is 0 Å². The van der Waals surface area contributed by atoms with Gasteiger partial charge in [0.1, 0.15) is 0 Å². The van der Waals surface area contributed by atoms with Crippen molar-refractivity contribution < 1.29 is 4.79 Å². The molecule has 1 nitrogen and oxygen atoms in total. The molecule has 0 bridgehead atoms. The summed E-state index contributed by atoms with van der Waals surface area (Å²) in [6.45, 7) is 3.98. The number of hydrogen-bond donors (Lipinski definition) is 0. The van der Waals surface area contributed by atoms with E-state index in [-0.39, 0.29) is 5.78 Å². The van der Waals surface area contributed by atoms with Gasteiger partial charge in [-0.05, 0) is 43.7 Å². The van der Waals surface area contributed by atoms with Crippen molar-refractivity contribution in [2.45, 2.75) is 20.3 Å². The van der Waals surface area contributed by atoms with Gasteiger partial charge in [-0.25, -0.2) is 0 Å². The third kappa shape index (κ3) is 3.59. The maximum absolute atomic E-state index is 12.2. The van der Waals surface area contributed by atoms with Crippen LogP contribution in [0.1, 0.15) is 27.0 Å². The van der Waals surface area contributed by atoms with Crippen LogP contribution in [0.25, 0.3) is 0 Å². The fourth-order valence-corrected chi connectivity index (χ4v) is 2.39. The van der Waals surface area contributed by atoms with E-state index in [1.807, 2.05) is 32.0 Å². The zero-order valence-corrected chi connectivity index (χ0v) is 12.3. The first-order chi connectivity index (χ1) is 8.95. The summed E-state index contributed by atoms with van der Waals surface area (Å²) >= 11 is 11.8. The molecule has 98 valence electrons. The van der Waals surface area contributed by atoms with Crippen molar-refractivity contribution >= 4 is 29.0 Å². The Balaban J connectivity index is 2.22. The normalized spacial score (nSPS) is 10.5. The Hall–Kier alpha value is -1.31. The van der Waals surface area contributed by atoms with E-state index < -0.39 is 0 Å². The van der Waals surface area contributed by atoms with Crippen LogP contribution in [0.3, 0.4) is 0 Å². The van der Waals surface area contributed by atoms with Crippen molar-refractivity contribution in [2.24, 2.45) is 0 Å². The Bertz CT molecular complexity index is 612. The molecule has 3 heteroatoms. The molecule has 0 amide bonds. The van der Waals surface area contributed by atoms with E-state index in [1.54, 1.807) is 12.1 Å². The maximum Gasteiger partial charge on any atom is 0.167 e. The summed E-state index contributed by atoms with van der Waals surface area (Å²) in [5, 5.41) is 0.983. The summed E-state index contributed by atoms with van der Waals surface area (Å²) in [6.07, 6.45) is 0.333. The largest absolute Gasteiger partial charge is 0.294 e. The average Bonchev–Trinajstić information content (AvgIpc) is 2.32. The molecule has 0 radical (unpaired) electrons. The molecule has 0 saturated heterocycles. The van der Waals surface area contributed by atoms with Gasteiger partial charge in [-0.3, -0.25) is 4.79 Å². The van der Waals surface area contributed by atoms with E-state index in [0.717, 1.165) is 22.3 Å². The lowest BCUT2D eigenvalue weighted by Gasteiger charge is -2.05. The maximum atomic E-state index is 12.2. The molecule has 2 aromatic rings. The quantitative estimate of drug-likeness (QED) is 0.725. The summed E-state index contributed by atoms with van der Waals surface area (Å²) < 4.78 is 0. The number of aryl methyl sites for hydroxylation is 2. The van der Waals surface area contributed by atoms with E-state index >= 15 is 0 Å². The first-order valence-electron chi connectivity index (χ1n) is 6.01. The number of carbonyl (C=O) groups is 1. The van der Waals surface area contributed by atoms with Gasteiger partial charge in [-0.1, -0.05) is 46.5 Å². The van der Waals surface area contributed by atoms with Crippen molar-refractivity contribution in [3.05, 3.63) is 68.7 Å². The second kappa shape index (κ2) is 5.77. The highest BCUT2D eigenvalue weighted by atomic mass is 35.5. The Morgan fingerprint density at radius 3 is 2.16 bits per heavy atom. The molecule has 2 rings (SSSR count). The second-order valence-corrected chi connectivity index (χ2v) is 5.54. The van der Waals surface area contributed by atoms with Crippen molar-refractivity contribution in [3.63, 3.8) is 0 Å². The number of halogens is 2. The molecule has 0 atom stereocenters. The van der Waals surface area contributed by atoms with Gasteiger partial charge >= 0.3 is 0 Å². The molecule has 0 aliphatic heterocycles. The molecule has 2 aromatic carbocycles. The molecule has 0 fully saturated rings. The highest BCUT2D eigenvalue weighted by molar-refractivity contribution is 6.42. The number of hydrogen-bond acceptors (Lipinski definition) is 1. The van der Waals surface area contributed by atoms with E-state index in [0.29, 0.717) is 16.5 Å². The number of Topliss-reactive ketones (excluding diaryl/α,β-unsaturated/α-hetero) is 1. The van der Waals surface area contributed by atoms with E-state index in [4.69, 9.17) is 23.2 Å². The zero-order chi connectivity index (χ0) is 14.0. The molecular formula is C16H14Cl2O. The lowest BCUT2D eigenvalue weighted by molar-refractivity contribution is 0.0993. The van der Waals surface area contributed by atoms with Crippen LogP contribution in [-0.4, -0.2) is 5.78 Å². The van der Waals surface area contributed by atoms with E-state index in [2.05, 4.69) is 6.07 Å².